The summed E-state index contributed by atoms with van der Waals surface area (Å²) in [5, 5.41) is 0. The van der Waals surface area contributed by atoms with Crippen LogP contribution in [-0.4, -0.2) is 0 Å². The summed E-state index contributed by atoms with van der Waals surface area (Å²) in [6, 6.07) is 2.39. The van der Waals surface area contributed by atoms with E-state index >= 15 is 0 Å². The molecule has 0 unspecified atom stereocenters. The first-order chi connectivity index (χ1) is 14.1. The Morgan fingerprint density at radius 2 is 1.21 bits per heavy atom. The van der Waals surface area contributed by atoms with Crippen molar-refractivity contribution in [1.29, 1.82) is 0 Å². The molecule has 2 aliphatic rings. The standard InChI is InChI=1S/C26H37F3/c1-2-3-4-5-6-19-7-9-20(10-8-19)11-12-21-13-15-22(16-14-21)23-17-24(27)26(29)25(28)18-23/h3-4,17-22H,2,5-16H2,1H3/b4-3+/t19-,20-,21-,22-. The predicted molar refractivity (Wildman–Crippen MR) is 114 cm³/mol. The molecule has 0 radical (unpaired) electrons. The molecule has 29 heavy (non-hydrogen) atoms. The smallest absolute Gasteiger partial charge is 0.194 e. The van der Waals surface area contributed by atoms with Crippen LogP contribution < -0.4 is 0 Å². The Bertz CT molecular complexity index is 627. The number of benzene rings is 1. The summed E-state index contributed by atoms with van der Waals surface area (Å²) >= 11 is 0. The zero-order valence-corrected chi connectivity index (χ0v) is 17.9. The van der Waals surface area contributed by atoms with Gasteiger partial charge in [0, 0.05) is 0 Å². The number of hydrogen-bond acceptors (Lipinski definition) is 0. The monoisotopic (exact) mass is 406 g/mol. The van der Waals surface area contributed by atoms with E-state index < -0.39 is 17.5 Å². The second kappa shape index (κ2) is 11.2. The quantitative estimate of drug-likeness (QED) is 0.299. The van der Waals surface area contributed by atoms with Crippen molar-refractivity contribution in [2.45, 2.75) is 96.3 Å². The van der Waals surface area contributed by atoms with E-state index in [1.807, 2.05) is 0 Å². The average molecular weight is 407 g/mol. The molecular formula is C26H37F3. The minimum absolute atomic E-state index is 0.174. The van der Waals surface area contributed by atoms with Crippen molar-refractivity contribution in [3.05, 3.63) is 47.3 Å². The molecule has 1 aromatic rings. The highest BCUT2D eigenvalue weighted by molar-refractivity contribution is 5.23. The van der Waals surface area contributed by atoms with Crippen molar-refractivity contribution in [3.63, 3.8) is 0 Å². The zero-order chi connectivity index (χ0) is 20.6. The summed E-state index contributed by atoms with van der Waals surface area (Å²) in [7, 11) is 0. The second-order valence-corrected chi connectivity index (χ2v) is 9.44. The second-order valence-electron chi connectivity index (χ2n) is 9.44. The van der Waals surface area contributed by atoms with E-state index in [1.165, 1.54) is 63.5 Å². The highest BCUT2D eigenvalue weighted by Gasteiger charge is 2.26. The summed E-state index contributed by atoms with van der Waals surface area (Å²) in [5.74, 6) is -0.714. The van der Waals surface area contributed by atoms with Crippen LogP contribution in [0.15, 0.2) is 24.3 Å². The number of hydrogen-bond donors (Lipinski definition) is 0. The minimum Gasteiger partial charge on any atom is -0.204 e. The van der Waals surface area contributed by atoms with Gasteiger partial charge in [0.1, 0.15) is 0 Å². The van der Waals surface area contributed by atoms with Gasteiger partial charge in [-0.1, -0.05) is 57.6 Å². The van der Waals surface area contributed by atoms with Crippen molar-refractivity contribution >= 4 is 0 Å². The molecule has 2 fully saturated rings. The van der Waals surface area contributed by atoms with E-state index in [0.29, 0.717) is 5.56 Å². The van der Waals surface area contributed by atoms with Gasteiger partial charge in [0.15, 0.2) is 17.5 Å². The van der Waals surface area contributed by atoms with Gasteiger partial charge < -0.3 is 0 Å². The summed E-state index contributed by atoms with van der Waals surface area (Å²) in [4.78, 5) is 0. The lowest BCUT2D eigenvalue weighted by Gasteiger charge is -2.32. The van der Waals surface area contributed by atoms with Crippen LogP contribution in [0.1, 0.15) is 102 Å². The Morgan fingerprint density at radius 1 is 0.724 bits per heavy atom. The van der Waals surface area contributed by atoms with Gasteiger partial charge in [-0.25, -0.2) is 13.2 Å². The molecule has 0 atom stereocenters. The van der Waals surface area contributed by atoms with E-state index in [1.54, 1.807) is 0 Å². The molecule has 0 bridgehead atoms. The van der Waals surface area contributed by atoms with Crippen molar-refractivity contribution in [3.8, 4) is 0 Å². The van der Waals surface area contributed by atoms with Gasteiger partial charge in [0.05, 0.1) is 0 Å². The Balaban J connectivity index is 1.34. The molecule has 2 saturated carbocycles. The van der Waals surface area contributed by atoms with Crippen LogP contribution in [0.2, 0.25) is 0 Å². The maximum absolute atomic E-state index is 13.5. The summed E-state index contributed by atoms with van der Waals surface area (Å²) in [6.07, 6.45) is 20.8. The molecule has 0 aromatic heterocycles. The molecule has 1 aromatic carbocycles. The van der Waals surface area contributed by atoms with Gasteiger partial charge in [-0.15, -0.1) is 0 Å². The molecular weight excluding hydrogens is 369 g/mol. The molecule has 162 valence electrons. The molecule has 0 N–H and O–H groups in total. The summed E-state index contributed by atoms with van der Waals surface area (Å²) in [6.45, 7) is 2.19. The molecule has 2 aliphatic carbocycles. The van der Waals surface area contributed by atoms with Crippen molar-refractivity contribution < 1.29 is 13.2 Å². The van der Waals surface area contributed by atoms with Crippen LogP contribution in [0.4, 0.5) is 13.2 Å². The average Bonchev–Trinajstić information content (AvgIpc) is 2.74. The molecule has 0 heterocycles. The lowest BCUT2D eigenvalue weighted by molar-refractivity contribution is 0.225. The van der Waals surface area contributed by atoms with Crippen molar-refractivity contribution in [1.82, 2.24) is 0 Å². The largest absolute Gasteiger partial charge is 0.204 e. The molecule has 0 amide bonds. The summed E-state index contributed by atoms with van der Waals surface area (Å²) in [5.41, 5.74) is 0.631. The molecule has 0 spiro atoms. The SMILES string of the molecule is CC/C=C/CC[C@H]1CC[C@H](CC[C@H]2CC[C@H](c3cc(F)c(F)c(F)c3)CC2)CC1. The van der Waals surface area contributed by atoms with Gasteiger partial charge >= 0.3 is 0 Å². The Hall–Kier alpha value is -1.25. The van der Waals surface area contributed by atoms with E-state index in [0.717, 1.165) is 49.9 Å². The first kappa shape index (κ1) is 22.4. The van der Waals surface area contributed by atoms with E-state index in [-0.39, 0.29) is 5.92 Å². The van der Waals surface area contributed by atoms with Crippen molar-refractivity contribution in [2.75, 3.05) is 0 Å². The minimum atomic E-state index is -1.35. The van der Waals surface area contributed by atoms with E-state index in [9.17, 15) is 13.2 Å². The Labute approximate surface area is 175 Å². The van der Waals surface area contributed by atoms with Crippen LogP contribution in [0, 0.1) is 35.2 Å². The number of halogens is 3. The fourth-order valence-corrected chi connectivity index (χ4v) is 5.49. The first-order valence-corrected chi connectivity index (χ1v) is 11.9. The Kier molecular flexibility index (Phi) is 8.68. The first-order valence-electron chi connectivity index (χ1n) is 11.9. The predicted octanol–water partition coefficient (Wildman–Crippen LogP) is 8.71. The van der Waals surface area contributed by atoms with Gasteiger partial charge in [-0.3, -0.25) is 0 Å². The highest BCUT2D eigenvalue weighted by atomic mass is 19.2. The highest BCUT2D eigenvalue weighted by Crippen LogP contribution is 2.40. The molecule has 3 heteroatoms. The van der Waals surface area contributed by atoms with Crippen LogP contribution in [0.25, 0.3) is 0 Å². The topological polar surface area (TPSA) is 0 Å². The van der Waals surface area contributed by atoms with Crippen molar-refractivity contribution in [2.24, 2.45) is 17.8 Å². The third-order valence-corrected chi connectivity index (χ3v) is 7.42. The third kappa shape index (κ3) is 6.62. The molecule has 3 rings (SSSR count). The fourth-order valence-electron chi connectivity index (χ4n) is 5.49. The normalized spacial score (nSPS) is 28.1. The fraction of sp³-hybridized carbons (Fsp3) is 0.692. The maximum atomic E-state index is 13.5. The van der Waals surface area contributed by atoms with Crippen LogP contribution in [0.3, 0.4) is 0 Å². The number of rotatable bonds is 8. The van der Waals surface area contributed by atoms with Crippen LogP contribution >= 0.6 is 0 Å². The van der Waals surface area contributed by atoms with E-state index in [4.69, 9.17) is 0 Å². The summed E-state index contributed by atoms with van der Waals surface area (Å²) < 4.78 is 40.2. The van der Waals surface area contributed by atoms with Gasteiger partial charge in [-0.05, 0) is 86.3 Å². The van der Waals surface area contributed by atoms with Crippen LogP contribution in [0.5, 0.6) is 0 Å². The molecule has 0 saturated heterocycles. The van der Waals surface area contributed by atoms with Gasteiger partial charge in [0.2, 0.25) is 0 Å². The third-order valence-electron chi connectivity index (χ3n) is 7.42. The molecule has 0 aliphatic heterocycles. The maximum Gasteiger partial charge on any atom is 0.194 e. The van der Waals surface area contributed by atoms with Gasteiger partial charge in [0.25, 0.3) is 0 Å². The zero-order valence-electron chi connectivity index (χ0n) is 17.9. The van der Waals surface area contributed by atoms with Crippen LogP contribution in [-0.2, 0) is 0 Å². The van der Waals surface area contributed by atoms with Gasteiger partial charge in [-0.2, -0.15) is 0 Å². The van der Waals surface area contributed by atoms with E-state index in [2.05, 4.69) is 19.1 Å². The Morgan fingerprint density at radius 3 is 1.72 bits per heavy atom. The molecule has 0 nitrogen and oxygen atoms in total. The number of allylic oxidation sites excluding steroid dienone is 2. The lowest BCUT2D eigenvalue weighted by Crippen LogP contribution is -2.18. The lowest BCUT2D eigenvalue weighted by atomic mass is 9.74.